The van der Waals surface area contributed by atoms with Crippen molar-refractivity contribution in [2.24, 2.45) is 10.8 Å². The van der Waals surface area contributed by atoms with E-state index >= 15 is 0 Å². The van der Waals surface area contributed by atoms with Gasteiger partial charge in [-0.15, -0.1) is 0 Å². The van der Waals surface area contributed by atoms with Crippen LogP contribution in [0.25, 0.3) is 0 Å². The lowest BCUT2D eigenvalue weighted by Gasteiger charge is -2.31. The van der Waals surface area contributed by atoms with Gasteiger partial charge >= 0.3 is 12.0 Å². The third-order valence-corrected chi connectivity index (χ3v) is 2.51. The van der Waals surface area contributed by atoms with E-state index in [-0.39, 0.29) is 23.3 Å². The zero-order valence-corrected chi connectivity index (χ0v) is 12.3. The zero-order valence-electron chi connectivity index (χ0n) is 12.3. The molecule has 0 aliphatic heterocycles. The Morgan fingerprint density at radius 1 is 1.11 bits per heavy atom. The molecule has 0 spiro atoms. The zero-order chi connectivity index (χ0) is 14.6. The van der Waals surface area contributed by atoms with Gasteiger partial charge in [0, 0.05) is 12.6 Å². The summed E-state index contributed by atoms with van der Waals surface area (Å²) in [4.78, 5) is 22.5. The number of hydrogen-bond donors (Lipinski definition) is 3. The van der Waals surface area contributed by atoms with Crippen LogP contribution in [0.15, 0.2) is 0 Å². The fourth-order valence-corrected chi connectivity index (χ4v) is 1.30. The van der Waals surface area contributed by atoms with Crippen LogP contribution < -0.4 is 10.6 Å². The van der Waals surface area contributed by atoms with Crippen molar-refractivity contribution < 1.29 is 14.7 Å². The lowest BCUT2D eigenvalue weighted by Crippen LogP contribution is -2.50. The highest BCUT2D eigenvalue weighted by Crippen LogP contribution is 2.21. The normalized spacial score (nSPS) is 13.9. The third kappa shape index (κ3) is 7.92. The minimum Gasteiger partial charge on any atom is -0.481 e. The highest BCUT2D eigenvalue weighted by atomic mass is 16.4. The van der Waals surface area contributed by atoms with Crippen molar-refractivity contribution in [3.8, 4) is 0 Å². The lowest BCUT2D eigenvalue weighted by atomic mass is 9.85. The van der Waals surface area contributed by atoms with Gasteiger partial charge in [0.25, 0.3) is 0 Å². The molecule has 0 heterocycles. The number of carboxylic acid groups (broad SMARTS) is 1. The predicted octanol–water partition coefficient (Wildman–Crippen LogP) is 2.22. The van der Waals surface area contributed by atoms with E-state index in [1.807, 2.05) is 41.5 Å². The van der Waals surface area contributed by atoms with Gasteiger partial charge in [0.15, 0.2) is 0 Å². The molecule has 1 unspecified atom stereocenters. The maximum absolute atomic E-state index is 11.7. The summed E-state index contributed by atoms with van der Waals surface area (Å²) in [6.07, 6.45) is -0.0769. The van der Waals surface area contributed by atoms with Gasteiger partial charge in [-0.1, -0.05) is 41.5 Å². The van der Waals surface area contributed by atoms with E-state index in [0.29, 0.717) is 6.54 Å². The fourth-order valence-electron chi connectivity index (χ4n) is 1.30. The van der Waals surface area contributed by atoms with E-state index in [1.54, 1.807) is 0 Å². The molecule has 0 aliphatic rings. The molecule has 1 atom stereocenters. The molecule has 0 aliphatic carbocycles. The van der Waals surface area contributed by atoms with Crippen LogP contribution in [0.1, 0.15) is 48.0 Å². The third-order valence-electron chi connectivity index (χ3n) is 2.51. The average Bonchev–Trinajstić information content (AvgIpc) is 2.10. The quantitative estimate of drug-likeness (QED) is 0.723. The number of rotatable bonds is 4. The van der Waals surface area contributed by atoms with Crippen molar-refractivity contribution in [2.75, 3.05) is 6.54 Å². The summed E-state index contributed by atoms with van der Waals surface area (Å²) in [5, 5.41) is 14.3. The number of carboxylic acids is 1. The molecule has 0 aromatic heterocycles. The van der Waals surface area contributed by atoms with Gasteiger partial charge in [0.1, 0.15) is 0 Å². The van der Waals surface area contributed by atoms with Crippen molar-refractivity contribution in [3.63, 3.8) is 0 Å². The molecule has 0 bridgehead atoms. The summed E-state index contributed by atoms with van der Waals surface area (Å²) >= 11 is 0. The maximum atomic E-state index is 11.7. The SMILES string of the molecule is CC(C)(C)CNC(=O)NC(CC(=O)O)C(C)(C)C. The molecule has 0 saturated heterocycles. The van der Waals surface area contributed by atoms with Gasteiger partial charge in [0.05, 0.1) is 6.42 Å². The first-order chi connectivity index (χ1) is 7.92. The summed E-state index contributed by atoms with van der Waals surface area (Å²) < 4.78 is 0. The number of carbonyl (C=O) groups excluding carboxylic acids is 1. The molecule has 106 valence electrons. The van der Waals surface area contributed by atoms with Gasteiger partial charge in [-0.2, -0.15) is 0 Å². The highest BCUT2D eigenvalue weighted by molar-refractivity contribution is 5.75. The number of nitrogens with one attached hydrogen (secondary N) is 2. The van der Waals surface area contributed by atoms with Crippen molar-refractivity contribution in [1.82, 2.24) is 10.6 Å². The van der Waals surface area contributed by atoms with E-state index < -0.39 is 12.0 Å². The molecule has 0 saturated carbocycles. The highest BCUT2D eigenvalue weighted by Gasteiger charge is 2.28. The molecule has 3 N–H and O–H groups in total. The van der Waals surface area contributed by atoms with Crippen molar-refractivity contribution in [3.05, 3.63) is 0 Å². The van der Waals surface area contributed by atoms with Crippen molar-refractivity contribution in [2.45, 2.75) is 54.0 Å². The molecule has 5 nitrogen and oxygen atoms in total. The predicted molar refractivity (Wildman–Crippen MR) is 71.5 cm³/mol. The van der Waals surface area contributed by atoms with Gasteiger partial charge in [-0.25, -0.2) is 4.79 Å². The number of carbonyl (C=O) groups is 2. The molecule has 0 fully saturated rings. The second kappa shape index (κ2) is 6.07. The Morgan fingerprint density at radius 2 is 1.61 bits per heavy atom. The number of hydrogen-bond acceptors (Lipinski definition) is 2. The first-order valence-electron chi connectivity index (χ1n) is 6.18. The van der Waals surface area contributed by atoms with Crippen LogP contribution in [0.4, 0.5) is 4.79 Å². The molecule has 5 heteroatoms. The summed E-state index contributed by atoms with van der Waals surface area (Å²) in [7, 11) is 0. The topological polar surface area (TPSA) is 78.4 Å². The van der Waals surface area contributed by atoms with Gasteiger partial charge < -0.3 is 15.7 Å². The Hall–Kier alpha value is -1.26. The first kappa shape index (κ1) is 16.7. The van der Waals surface area contributed by atoms with Gasteiger partial charge in [-0.3, -0.25) is 4.79 Å². The minimum absolute atomic E-state index is 0.00136. The Morgan fingerprint density at radius 3 is 1.94 bits per heavy atom. The molecule has 0 aromatic rings. The van der Waals surface area contributed by atoms with Crippen LogP contribution >= 0.6 is 0 Å². The van der Waals surface area contributed by atoms with Crippen LogP contribution in [0.5, 0.6) is 0 Å². The standard InChI is InChI=1S/C13H26N2O3/c1-12(2,3)8-14-11(18)15-9(7-10(16)17)13(4,5)6/h9H,7-8H2,1-6H3,(H,16,17)(H2,14,15,18). The van der Waals surface area contributed by atoms with Crippen LogP contribution in [0.3, 0.4) is 0 Å². The van der Waals surface area contributed by atoms with Crippen molar-refractivity contribution in [1.29, 1.82) is 0 Å². The molecular formula is C13H26N2O3. The summed E-state index contributed by atoms with van der Waals surface area (Å²) in [5.41, 5.74) is -0.293. The maximum Gasteiger partial charge on any atom is 0.315 e. The number of amides is 2. The van der Waals surface area contributed by atoms with Gasteiger partial charge in [-0.05, 0) is 10.8 Å². The Balaban J connectivity index is 4.41. The van der Waals surface area contributed by atoms with Crippen LogP contribution in [-0.2, 0) is 4.79 Å². The summed E-state index contributed by atoms with van der Waals surface area (Å²) in [6.45, 7) is 12.3. The monoisotopic (exact) mass is 258 g/mol. The second-order valence-electron chi connectivity index (χ2n) is 6.90. The van der Waals surface area contributed by atoms with Crippen molar-refractivity contribution >= 4 is 12.0 Å². The lowest BCUT2D eigenvalue weighted by molar-refractivity contribution is -0.138. The van der Waals surface area contributed by atoms with Crippen LogP contribution in [0, 0.1) is 10.8 Å². The van der Waals surface area contributed by atoms with Crippen LogP contribution in [0.2, 0.25) is 0 Å². The molecular weight excluding hydrogens is 232 g/mol. The molecule has 18 heavy (non-hydrogen) atoms. The Labute approximate surface area is 109 Å². The van der Waals surface area contributed by atoms with E-state index in [0.717, 1.165) is 0 Å². The molecule has 2 amide bonds. The smallest absolute Gasteiger partial charge is 0.315 e. The van der Waals surface area contributed by atoms with E-state index in [9.17, 15) is 9.59 Å². The second-order valence-corrected chi connectivity index (χ2v) is 6.90. The Kier molecular flexibility index (Phi) is 5.64. The molecule has 0 rings (SSSR count). The largest absolute Gasteiger partial charge is 0.481 e. The summed E-state index contributed by atoms with van der Waals surface area (Å²) in [5.74, 6) is -0.911. The first-order valence-corrected chi connectivity index (χ1v) is 6.18. The average molecular weight is 258 g/mol. The fraction of sp³-hybridized carbons (Fsp3) is 0.846. The van der Waals surface area contributed by atoms with E-state index in [4.69, 9.17) is 5.11 Å². The number of urea groups is 1. The summed E-state index contributed by atoms with van der Waals surface area (Å²) in [6, 6.07) is -0.707. The Bertz CT molecular complexity index is 300. The minimum atomic E-state index is -0.911. The van der Waals surface area contributed by atoms with Gasteiger partial charge in [0.2, 0.25) is 0 Å². The number of aliphatic carboxylic acids is 1. The van der Waals surface area contributed by atoms with E-state index in [1.165, 1.54) is 0 Å². The molecule has 0 aromatic carbocycles. The molecule has 0 radical (unpaired) electrons. The van der Waals surface area contributed by atoms with Crippen LogP contribution in [-0.4, -0.2) is 29.7 Å². The van der Waals surface area contributed by atoms with E-state index in [2.05, 4.69) is 10.6 Å².